The molecule has 0 fully saturated rings. The first kappa shape index (κ1) is 26.1. The molecule has 4 nitrogen and oxygen atoms in total. The van der Waals surface area contributed by atoms with Crippen LogP contribution in [-0.2, 0) is 6.54 Å². The molecular formula is C29H35IN2O2. The van der Waals surface area contributed by atoms with E-state index >= 15 is 0 Å². The summed E-state index contributed by atoms with van der Waals surface area (Å²) in [7, 11) is 0. The second kappa shape index (κ2) is 13.4. The van der Waals surface area contributed by atoms with E-state index in [2.05, 4.69) is 47.6 Å². The Morgan fingerprint density at radius 3 is 2.47 bits per heavy atom. The summed E-state index contributed by atoms with van der Waals surface area (Å²) in [5.74, 6) is 2.70. The van der Waals surface area contributed by atoms with Crippen LogP contribution in [0.3, 0.4) is 0 Å². The predicted molar refractivity (Wildman–Crippen MR) is 136 cm³/mol. The Balaban J connectivity index is 0.00000324. The maximum atomic E-state index is 6.12. The maximum absolute atomic E-state index is 6.12. The fraction of sp³-hybridized carbons (Fsp3) is 0.345. The molecule has 0 atom stereocenters. The summed E-state index contributed by atoms with van der Waals surface area (Å²) in [6.45, 7) is 6.40. The van der Waals surface area contributed by atoms with Gasteiger partial charge in [0.2, 0.25) is 11.5 Å². The summed E-state index contributed by atoms with van der Waals surface area (Å²) >= 11 is 0. The molecule has 2 aromatic carbocycles. The number of anilines is 1. The highest BCUT2D eigenvalue weighted by molar-refractivity contribution is 5.69. The molecule has 0 N–H and O–H groups in total. The monoisotopic (exact) mass is 570 g/mol. The molecule has 0 aliphatic carbocycles. The van der Waals surface area contributed by atoms with Crippen LogP contribution in [0.2, 0.25) is 0 Å². The fourth-order valence-electron chi connectivity index (χ4n) is 4.19. The van der Waals surface area contributed by atoms with Crippen LogP contribution < -0.4 is 38.2 Å². The van der Waals surface area contributed by atoms with Crippen LogP contribution in [0.15, 0.2) is 83.1 Å². The molecule has 0 saturated carbocycles. The Labute approximate surface area is 220 Å². The summed E-state index contributed by atoms with van der Waals surface area (Å²) in [5.41, 5.74) is 3.23. The molecule has 1 aliphatic heterocycles. The first-order valence-corrected chi connectivity index (χ1v) is 12.3. The third-order valence-electron chi connectivity index (χ3n) is 5.94. The van der Waals surface area contributed by atoms with Crippen LogP contribution in [0.4, 0.5) is 5.69 Å². The van der Waals surface area contributed by atoms with Crippen LogP contribution >= 0.6 is 0 Å². The van der Waals surface area contributed by atoms with E-state index in [4.69, 9.17) is 9.15 Å². The minimum absolute atomic E-state index is 0. The number of hydrogen-bond acceptors (Lipinski definition) is 3. The largest absolute Gasteiger partial charge is 1.00 e. The van der Waals surface area contributed by atoms with E-state index in [-0.39, 0.29) is 24.0 Å². The van der Waals surface area contributed by atoms with E-state index in [1.165, 1.54) is 25.7 Å². The van der Waals surface area contributed by atoms with E-state index in [0.717, 1.165) is 60.2 Å². The van der Waals surface area contributed by atoms with Gasteiger partial charge in [-0.15, -0.1) is 0 Å². The van der Waals surface area contributed by atoms with Crippen molar-refractivity contribution in [3.8, 4) is 5.75 Å². The summed E-state index contributed by atoms with van der Waals surface area (Å²) < 4.78 is 14.5. The first-order valence-electron chi connectivity index (χ1n) is 12.3. The van der Waals surface area contributed by atoms with Crippen LogP contribution in [0, 0.1) is 0 Å². The molecule has 1 aromatic heterocycles. The van der Waals surface area contributed by atoms with Gasteiger partial charge < -0.3 is 38.0 Å². The van der Waals surface area contributed by atoms with Crippen molar-refractivity contribution in [2.75, 3.05) is 11.4 Å². The van der Waals surface area contributed by atoms with Crippen molar-refractivity contribution in [2.45, 2.75) is 58.9 Å². The van der Waals surface area contributed by atoms with E-state index < -0.39 is 0 Å². The van der Waals surface area contributed by atoms with Gasteiger partial charge in [0.25, 0.3) is 5.52 Å². The van der Waals surface area contributed by atoms with Gasteiger partial charge in [0.1, 0.15) is 0 Å². The topological polar surface area (TPSA) is 29.5 Å². The number of aromatic nitrogens is 1. The standard InChI is InChI=1S/C29H35N2O2.HI/c1-3-5-14-22-30-24-16-10-12-18-26(24)32-28(30)20-8-7-9-21-29-31(23-15-6-4-2)25-17-11-13-19-27(25)33-29;/h7-13,16-21H,3-6,14-15,22-23H2,1-2H3;1H/q+1;/p-1. The molecule has 5 heteroatoms. The smallest absolute Gasteiger partial charge is 0.374 e. The molecule has 0 spiro atoms. The number of allylic oxidation sites excluding steroid dienone is 4. The van der Waals surface area contributed by atoms with Crippen LogP contribution in [-0.4, -0.2) is 6.54 Å². The van der Waals surface area contributed by atoms with Gasteiger partial charge in [0, 0.05) is 19.0 Å². The lowest BCUT2D eigenvalue weighted by Gasteiger charge is -2.17. The Bertz CT molecular complexity index is 1150. The predicted octanol–water partition coefficient (Wildman–Crippen LogP) is 4.41. The van der Waals surface area contributed by atoms with Gasteiger partial charge in [-0.25, -0.2) is 0 Å². The average Bonchev–Trinajstić information content (AvgIpc) is 3.37. The Kier molecular flexibility index (Phi) is 10.3. The first-order chi connectivity index (χ1) is 16.3. The maximum Gasteiger partial charge on any atom is 0.374 e. The van der Waals surface area contributed by atoms with Gasteiger partial charge in [-0.3, -0.25) is 0 Å². The second-order valence-electron chi connectivity index (χ2n) is 8.44. The van der Waals surface area contributed by atoms with Gasteiger partial charge in [0.05, 0.1) is 11.8 Å². The number of unbranched alkanes of at least 4 members (excludes halogenated alkanes) is 4. The number of fused-ring (bicyclic) bond motifs is 2. The van der Waals surface area contributed by atoms with Crippen molar-refractivity contribution in [1.29, 1.82) is 0 Å². The van der Waals surface area contributed by atoms with Crippen molar-refractivity contribution in [2.24, 2.45) is 0 Å². The average molecular weight is 571 g/mol. The van der Waals surface area contributed by atoms with E-state index in [1.807, 2.05) is 54.6 Å². The molecule has 0 amide bonds. The van der Waals surface area contributed by atoms with Gasteiger partial charge >= 0.3 is 5.89 Å². The highest BCUT2D eigenvalue weighted by atomic mass is 127. The van der Waals surface area contributed by atoms with Crippen molar-refractivity contribution in [1.82, 2.24) is 0 Å². The summed E-state index contributed by atoms with van der Waals surface area (Å²) in [6, 6.07) is 16.5. The van der Waals surface area contributed by atoms with Crippen LogP contribution in [0.5, 0.6) is 5.75 Å². The van der Waals surface area contributed by atoms with Crippen molar-refractivity contribution >= 4 is 22.9 Å². The highest BCUT2D eigenvalue weighted by Gasteiger charge is 2.24. The Hall–Kier alpha value is -2.54. The van der Waals surface area contributed by atoms with Gasteiger partial charge in [0.15, 0.2) is 12.3 Å². The molecule has 3 aromatic rings. The SMILES string of the molecule is CCCCCN1\C(=C/C=C/C=C/c2oc3ccccc3[n+]2CCCCC)Oc2ccccc21.[I-]. The third-order valence-corrected chi connectivity index (χ3v) is 5.94. The number of benzene rings is 2. The molecule has 1 aliphatic rings. The minimum Gasteiger partial charge on any atom is -1.00 e. The minimum atomic E-state index is 0. The molecule has 2 heterocycles. The normalized spacial score (nSPS) is 14.3. The van der Waals surface area contributed by atoms with Crippen LogP contribution in [0.1, 0.15) is 58.3 Å². The number of ether oxygens (including phenoxy) is 1. The van der Waals surface area contributed by atoms with Gasteiger partial charge in [-0.05, 0) is 37.1 Å². The Morgan fingerprint density at radius 1 is 0.853 bits per heavy atom. The molecule has 0 radical (unpaired) electrons. The molecule has 4 rings (SSSR count). The lowest BCUT2D eigenvalue weighted by atomic mass is 10.2. The van der Waals surface area contributed by atoms with Crippen molar-refractivity contribution < 1.29 is 37.7 Å². The number of oxazole rings is 1. The highest BCUT2D eigenvalue weighted by Crippen LogP contribution is 2.38. The molecule has 0 unspecified atom stereocenters. The zero-order valence-electron chi connectivity index (χ0n) is 20.3. The van der Waals surface area contributed by atoms with Crippen molar-refractivity contribution in [3.63, 3.8) is 0 Å². The molecule has 180 valence electrons. The van der Waals surface area contributed by atoms with Gasteiger partial charge in [-0.2, -0.15) is 4.57 Å². The molecule has 34 heavy (non-hydrogen) atoms. The molecule has 0 bridgehead atoms. The summed E-state index contributed by atoms with van der Waals surface area (Å²) in [5, 5.41) is 0. The number of halogens is 1. The van der Waals surface area contributed by atoms with E-state index in [1.54, 1.807) is 0 Å². The van der Waals surface area contributed by atoms with Crippen molar-refractivity contribution in [3.05, 3.63) is 84.6 Å². The number of hydrogen-bond donors (Lipinski definition) is 0. The number of para-hydroxylation sites is 4. The third kappa shape index (κ3) is 6.32. The van der Waals surface area contributed by atoms with E-state index in [9.17, 15) is 0 Å². The lowest BCUT2D eigenvalue weighted by molar-refractivity contribution is -0.678. The summed E-state index contributed by atoms with van der Waals surface area (Å²) in [4.78, 5) is 2.28. The second-order valence-corrected chi connectivity index (χ2v) is 8.44. The Morgan fingerprint density at radius 2 is 1.62 bits per heavy atom. The lowest BCUT2D eigenvalue weighted by Crippen LogP contribution is -3.00. The fourth-order valence-corrected chi connectivity index (χ4v) is 4.19. The van der Waals surface area contributed by atoms with Gasteiger partial charge in [-0.1, -0.05) is 75.6 Å². The zero-order valence-corrected chi connectivity index (χ0v) is 22.4. The number of rotatable bonds is 11. The molecular weight excluding hydrogens is 535 g/mol. The number of nitrogens with zero attached hydrogens (tertiary/aromatic N) is 2. The molecule has 0 saturated heterocycles. The summed E-state index contributed by atoms with van der Waals surface area (Å²) in [6.07, 6.45) is 17.4. The quantitative estimate of drug-likeness (QED) is 0.148. The number of aryl methyl sites for hydroxylation is 1. The zero-order chi connectivity index (χ0) is 22.9. The van der Waals surface area contributed by atoms with E-state index in [0.29, 0.717) is 0 Å². The van der Waals surface area contributed by atoms with Crippen LogP contribution in [0.25, 0.3) is 17.2 Å².